The highest BCUT2D eigenvalue weighted by atomic mass is 19.1. The molecule has 4 heteroatoms. The fourth-order valence-electron chi connectivity index (χ4n) is 2.06. The molecule has 0 aliphatic rings. The van der Waals surface area contributed by atoms with Crippen molar-refractivity contribution in [3.63, 3.8) is 0 Å². The van der Waals surface area contributed by atoms with Crippen LogP contribution in [-0.4, -0.2) is 5.11 Å². The molecule has 0 aliphatic carbocycles. The first-order valence-corrected chi connectivity index (χ1v) is 6.47. The van der Waals surface area contributed by atoms with Crippen molar-refractivity contribution in [3.05, 3.63) is 70.8 Å². The molecular weight excluding hydrogens is 260 g/mol. The molecule has 2 aromatic carbocycles. The van der Waals surface area contributed by atoms with Crippen molar-refractivity contribution in [1.29, 1.82) is 0 Å². The number of nitrogens with one attached hydrogen (secondary N) is 1. The number of aliphatic hydroxyl groups is 1. The lowest BCUT2D eigenvalue weighted by Gasteiger charge is -2.16. The first-order valence-electron chi connectivity index (χ1n) is 6.47. The highest BCUT2D eigenvalue weighted by Gasteiger charge is 2.15. The maximum Gasteiger partial charge on any atom is 0.130 e. The van der Waals surface area contributed by atoms with Crippen molar-refractivity contribution in [3.8, 4) is 0 Å². The van der Waals surface area contributed by atoms with E-state index in [1.54, 1.807) is 6.92 Å². The number of rotatable bonds is 5. The second-order valence-electron chi connectivity index (χ2n) is 4.71. The molecule has 2 nitrogen and oxygen atoms in total. The van der Waals surface area contributed by atoms with Crippen molar-refractivity contribution in [1.82, 2.24) is 5.32 Å². The van der Waals surface area contributed by atoms with Gasteiger partial charge in [-0.2, -0.15) is 0 Å². The summed E-state index contributed by atoms with van der Waals surface area (Å²) < 4.78 is 27.2. The van der Waals surface area contributed by atoms with Gasteiger partial charge in [0.15, 0.2) is 0 Å². The van der Waals surface area contributed by atoms with Crippen molar-refractivity contribution in [2.45, 2.75) is 26.1 Å². The average Bonchev–Trinajstić information content (AvgIpc) is 2.45. The van der Waals surface area contributed by atoms with Gasteiger partial charge in [0.1, 0.15) is 11.6 Å². The van der Waals surface area contributed by atoms with Gasteiger partial charge in [0.05, 0.1) is 6.61 Å². The quantitative estimate of drug-likeness (QED) is 0.879. The molecule has 0 aliphatic heterocycles. The largest absolute Gasteiger partial charge is 0.392 e. The van der Waals surface area contributed by atoms with Gasteiger partial charge in [0.25, 0.3) is 0 Å². The van der Waals surface area contributed by atoms with Crippen LogP contribution in [-0.2, 0) is 13.2 Å². The van der Waals surface area contributed by atoms with Crippen LogP contribution in [0.5, 0.6) is 0 Å². The topological polar surface area (TPSA) is 32.3 Å². The third kappa shape index (κ3) is 3.40. The van der Waals surface area contributed by atoms with Gasteiger partial charge in [-0.05, 0) is 30.2 Å². The van der Waals surface area contributed by atoms with E-state index in [0.29, 0.717) is 6.54 Å². The maximum atomic E-state index is 13.6. The second-order valence-corrected chi connectivity index (χ2v) is 4.71. The van der Waals surface area contributed by atoms with Gasteiger partial charge in [0, 0.05) is 18.2 Å². The Labute approximate surface area is 117 Å². The lowest BCUT2D eigenvalue weighted by Crippen LogP contribution is -2.20. The third-order valence-corrected chi connectivity index (χ3v) is 3.25. The van der Waals surface area contributed by atoms with E-state index in [2.05, 4.69) is 5.32 Å². The lowest BCUT2D eigenvalue weighted by molar-refractivity contribution is 0.282. The van der Waals surface area contributed by atoms with E-state index in [1.165, 1.54) is 18.2 Å². The summed E-state index contributed by atoms with van der Waals surface area (Å²) in [7, 11) is 0. The first-order chi connectivity index (χ1) is 9.61. The van der Waals surface area contributed by atoms with Gasteiger partial charge < -0.3 is 10.4 Å². The molecule has 1 unspecified atom stereocenters. The highest BCUT2D eigenvalue weighted by Crippen LogP contribution is 2.20. The SMILES string of the molecule is CC(NCc1ccc(CO)cc1)c1c(F)cccc1F. The fourth-order valence-corrected chi connectivity index (χ4v) is 2.06. The summed E-state index contributed by atoms with van der Waals surface area (Å²) in [6, 6.07) is 10.9. The number of aliphatic hydroxyl groups excluding tert-OH is 1. The van der Waals surface area contributed by atoms with Crippen LogP contribution >= 0.6 is 0 Å². The molecule has 20 heavy (non-hydrogen) atoms. The zero-order chi connectivity index (χ0) is 14.5. The lowest BCUT2D eigenvalue weighted by atomic mass is 10.1. The number of halogens is 2. The zero-order valence-electron chi connectivity index (χ0n) is 11.2. The summed E-state index contributed by atoms with van der Waals surface area (Å²) in [5, 5.41) is 12.0. The van der Waals surface area contributed by atoms with E-state index < -0.39 is 17.7 Å². The van der Waals surface area contributed by atoms with Crippen molar-refractivity contribution < 1.29 is 13.9 Å². The van der Waals surface area contributed by atoms with Gasteiger partial charge in [-0.3, -0.25) is 0 Å². The summed E-state index contributed by atoms with van der Waals surface area (Å²) >= 11 is 0. The number of hydrogen-bond acceptors (Lipinski definition) is 2. The molecule has 0 amide bonds. The number of benzene rings is 2. The standard InChI is InChI=1S/C16H17F2NO/c1-11(16-14(17)3-2-4-15(16)18)19-9-12-5-7-13(10-20)8-6-12/h2-8,11,19-20H,9-10H2,1H3. The fraction of sp³-hybridized carbons (Fsp3) is 0.250. The molecule has 2 aromatic rings. The molecule has 0 bridgehead atoms. The maximum absolute atomic E-state index is 13.6. The zero-order valence-corrected chi connectivity index (χ0v) is 11.2. The Balaban J connectivity index is 2.02. The Morgan fingerprint density at radius 1 is 1.00 bits per heavy atom. The van der Waals surface area contributed by atoms with E-state index in [0.717, 1.165) is 11.1 Å². The smallest absolute Gasteiger partial charge is 0.130 e. The van der Waals surface area contributed by atoms with E-state index >= 15 is 0 Å². The molecule has 0 fully saturated rings. The second kappa shape index (κ2) is 6.59. The van der Waals surface area contributed by atoms with Crippen LogP contribution in [0.2, 0.25) is 0 Å². The summed E-state index contributed by atoms with van der Waals surface area (Å²) in [6.45, 7) is 2.23. The Morgan fingerprint density at radius 3 is 2.10 bits per heavy atom. The predicted molar refractivity (Wildman–Crippen MR) is 74.0 cm³/mol. The van der Waals surface area contributed by atoms with E-state index in [1.807, 2.05) is 24.3 Å². The van der Waals surface area contributed by atoms with Gasteiger partial charge in [-0.15, -0.1) is 0 Å². The minimum Gasteiger partial charge on any atom is -0.392 e. The molecule has 0 radical (unpaired) electrons. The molecule has 0 saturated heterocycles. The Kier molecular flexibility index (Phi) is 4.82. The Morgan fingerprint density at radius 2 is 1.55 bits per heavy atom. The minimum atomic E-state index is -0.541. The van der Waals surface area contributed by atoms with Crippen LogP contribution in [0.1, 0.15) is 29.7 Å². The summed E-state index contributed by atoms with van der Waals surface area (Å²) in [6.07, 6.45) is 0. The van der Waals surface area contributed by atoms with E-state index in [9.17, 15) is 8.78 Å². The molecule has 0 heterocycles. The van der Waals surface area contributed by atoms with E-state index in [4.69, 9.17) is 5.11 Å². The van der Waals surface area contributed by atoms with Crippen LogP contribution in [0, 0.1) is 11.6 Å². The predicted octanol–water partition coefficient (Wildman–Crippen LogP) is 3.31. The van der Waals surface area contributed by atoms with Crippen molar-refractivity contribution in [2.75, 3.05) is 0 Å². The summed E-state index contributed by atoms with van der Waals surface area (Å²) in [5.74, 6) is -1.08. The average molecular weight is 277 g/mol. The van der Waals surface area contributed by atoms with Gasteiger partial charge >= 0.3 is 0 Å². The molecule has 0 saturated carbocycles. The summed E-state index contributed by atoms with van der Waals surface area (Å²) in [4.78, 5) is 0. The van der Waals surface area contributed by atoms with Crippen LogP contribution in [0.3, 0.4) is 0 Å². The first kappa shape index (κ1) is 14.6. The van der Waals surface area contributed by atoms with E-state index in [-0.39, 0.29) is 12.2 Å². The van der Waals surface area contributed by atoms with Crippen molar-refractivity contribution >= 4 is 0 Å². The minimum absolute atomic E-state index is 0.00451. The Bertz CT molecular complexity index is 549. The molecular formula is C16H17F2NO. The monoisotopic (exact) mass is 277 g/mol. The van der Waals surface area contributed by atoms with Gasteiger partial charge in [-0.25, -0.2) is 8.78 Å². The highest BCUT2D eigenvalue weighted by molar-refractivity contribution is 5.24. The van der Waals surface area contributed by atoms with Gasteiger partial charge in [-0.1, -0.05) is 30.3 Å². The molecule has 2 rings (SSSR count). The normalized spacial score (nSPS) is 12.4. The third-order valence-electron chi connectivity index (χ3n) is 3.25. The Hall–Kier alpha value is -1.78. The van der Waals surface area contributed by atoms with Crippen LogP contribution < -0.4 is 5.32 Å². The molecule has 2 N–H and O–H groups in total. The van der Waals surface area contributed by atoms with Crippen molar-refractivity contribution in [2.24, 2.45) is 0 Å². The molecule has 1 atom stereocenters. The van der Waals surface area contributed by atoms with Gasteiger partial charge in [0.2, 0.25) is 0 Å². The summed E-state index contributed by atoms with van der Waals surface area (Å²) in [5.41, 5.74) is 1.88. The van der Waals surface area contributed by atoms with Crippen LogP contribution in [0.25, 0.3) is 0 Å². The number of hydrogen-bond donors (Lipinski definition) is 2. The van der Waals surface area contributed by atoms with Crippen LogP contribution in [0.15, 0.2) is 42.5 Å². The van der Waals surface area contributed by atoms with Crippen LogP contribution in [0.4, 0.5) is 8.78 Å². The molecule has 106 valence electrons. The molecule has 0 spiro atoms. The molecule has 0 aromatic heterocycles.